The van der Waals surface area contributed by atoms with Crippen LogP contribution < -0.4 is 10.6 Å². The van der Waals surface area contributed by atoms with Gasteiger partial charge in [0, 0.05) is 0 Å². The molecule has 0 bridgehead atoms. The smallest absolute Gasteiger partial charge is 0.243 e. The van der Waals surface area contributed by atoms with Gasteiger partial charge in [0.1, 0.15) is 17.6 Å². The molecule has 5 heteroatoms. The molecule has 0 saturated heterocycles. The molecule has 2 amide bonds. The lowest BCUT2D eigenvalue weighted by atomic mass is 10.0. The van der Waals surface area contributed by atoms with E-state index in [1.165, 1.54) is 0 Å². The van der Waals surface area contributed by atoms with Crippen molar-refractivity contribution in [3.05, 3.63) is 59.5 Å². The third kappa shape index (κ3) is 5.48. The summed E-state index contributed by atoms with van der Waals surface area (Å²) in [6.45, 7) is 7.54. The average Bonchev–Trinajstić information content (AvgIpc) is 2.99. The van der Waals surface area contributed by atoms with Crippen LogP contribution in [0.5, 0.6) is 0 Å². The summed E-state index contributed by atoms with van der Waals surface area (Å²) in [4.78, 5) is 24.9. The van der Waals surface area contributed by atoms with Crippen LogP contribution in [0.15, 0.2) is 46.9 Å². The minimum Gasteiger partial charge on any atom is -0.464 e. The maximum atomic E-state index is 12.6. The molecule has 0 aliphatic heterocycles. The molecular weight excluding hydrogens is 316 g/mol. The van der Waals surface area contributed by atoms with E-state index in [2.05, 4.69) is 10.6 Å². The van der Waals surface area contributed by atoms with Crippen LogP contribution in [0.4, 0.5) is 0 Å². The summed E-state index contributed by atoms with van der Waals surface area (Å²) in [6.07, 6.45) is 0.254. The number of rotatable bonds is 7. The second-order valence-corrected chi connectivity index (χ2v) is 6.63. The van der Waals surface area contributed by atoms with Gasteiger partial charge in [-0.15, -0.1) is 0 Å². The zero-order chi connectivity index (χ0) is 18.4. The van der Waals surface area contributed by atoms with E-state index >= 15 is 0 Å². The molecule has 0 saturated carbocycles. The summed E-state index contributed by atoms with van der Waals surface area (Å²) in [5.74, 6) is 1.10. The molecule has 0 spiro atoms. The van der Waals surface area contributed by atoms with Gasteiger partial charge < -0.3 is 15.1 Å². The van der Waals surface area contributed by atoms with Gasteiger partial charge in [0.05, 0.1) is 12.5 Å². The van der Waals surface area contributed by atoms with Crippen LogP contribution in [0, 0.1) is 12.8 Å². The summed E-state index contributed by atoms with van der Waals surface area (Å²) in [7, 11) is 0. The number of benzene rings is 1. The van der Waals surface area contributed by atoms with Crippen molar-refractivity contribution in [3.8, 4) is 0 Å². The van der Waals surface area contributed by atoms with E-state index in [9.17, 15) is 9.59 Å². The van der Waals surface area contributed by atoms with E-state index in [4.69, 9.17) is 4.42 Å². The molecule has 5 nitrogen and oxygen atoms in total. The van der Waals surface area contributed by atoms with Crippen LogP contribution in [0.3, 0.4) is 0 Å². The van der Waals surface area contributed by atoms with Gasteiger partial charge in [-0.1, -0.05) is 44.2 Å². The van der Waals surface area contributed by atoms with Crippen molar-refractivity contribution in [1.82, 2.24) is 10.6 Å². The van der Waals surface area contributed by atoms with Crippen LogP contribution in [-0.2, 0) is 16.0 Å². The molecule has 0 aliphatic rings. The van der Waals surface area contributed by atoms with E-state index in [1.54, 1.807) is 0 Å². The Morgan fingerprint density at radius 3 is 2.24 bits per heavy atom. The van der Waals surface area contributed by atoms with Gasteiger partial charge >= 0.3 is 0 Å². The molecule has 2 aromatic rings. The lowest BCUT2D eigenvalue weighted by Gasteiger charge is -2.23. The van der Waals surface area contributed by atoms with Crippen molar-refractivity contribution < 1.29 is 14.0 Å². The maximum absolute atomic E-state index is 12.6. The number of amides is 2. The lowest BCUT2D eigenvalue weighted by Crippen LogP contribution is -2.50. The predicted molar refractivity (Wildman–Crippen MR) is 96.9 cm³/mol. The highest BCUT2D eigenvalue weighted by molar-refractivity contribution is 5.88. The molecule has 2 unspecified atom stereocenters. The molecule has 0 aliphatic carbocycles. The molecule has 1 aromatic heterocycles. The maximum Gasteiger partial charge on any atom is 0.243 e. The molecular formula is C20H26N2O3. The first-order chi connectivity index (χ1) is 11.9. The van der Waals surface area contributed by atoms with Crippen LogP contribution in [0.25, 0.3) is 0 Å². The van der Waals surface area contributed by atoms with E-state index < -0.39 is 6.04 Å². The predicted octanol–water partition coefficient (Wildman–Crippen LogP) is 3.15. The van der Waals surface area contributed by atoms with E-state index in [1.807, 2.05) is 70.2 Å². The fraction of sp³-hybridized carbons (Fsp3) is 0.400. The Bertz CT molecular complexity index is 707. The zero-order valence-corrected chi connectivity index (χ0v) is 15.2. The summed E-state index contributed by atoms with van der Waals surface area (Å²) in [6, 6.07) is 12.3. The van der Waals surface area contributed by atoms with E-state index in [-0.39, 0.29) is 30.2 Å². The number of aryl methyl sites for hydroxylation is 1. The normalized spacial score (nSPS) is 13.3. The summed E-state index contributed by atoms with van der Waals surface area (Å²) in [5.41, 5.74) is 0.919. The van der Waals surface area contributed by atoms with Gasteiger partial charge in [-0.3, -0.25) is 9.59 Å². The highest BCUT2D eigenvalue weighted by Gasteiger charge is 2.26. The molecule has 1 aromatic carbocycles. The fourth-order valence-corrected chi connectivity index (χ4v) is 2.60. The second-order valence-electron chi connectivity index (χ2n) is 6.63. The third-order valence-corrected chi connectivity index (χ3v) is 4.02. The van der Waals surface area contributed by atoms with Crippen molar-refractivity contribution in [1.29, 1.82) is 0 Å². The second kappa shape index (κ2) is 8.51. The largest absolute Gasteiger partial charge is 0.464 e. The molecule has 2 rings (SSSR count). The molecule has 25 heavy (non-hydrogen) atoms. The van der Waals surface area contributed by atoms with Crippen molar-refractivity contribution >= 4 is 11.8 Å². The Balaban J connectivity index is 1.96. The van der Waals surface area contributed by atoms with Gasteiger partial charge in [0.15, 0.2) is 0 Å². The highest BCUT2D eigenvalue weighted by atomic mass is 16.3. The van der Waals surface area contributed by atoms with Crippen LogP contribution in [0.1, 0.15) is 43.9 Å². The average molecular weight is 342 g/mol. The number of hydrogen-bond donors (Lipinski definition) is 2. The first kappa shape index (κ1) is 18.8. The Morgan fingerprint density at radius 2 is 1.68 bits per heavy atom. The van der Waals surface area contributed by atoms with Gasteiger partial charge in [-0.2, -0.15) is 0 Å². The highest BCUT2D eigenvalue weighted by Crippen LogP contribution is 2.16. The molecule has 0 fully saturated rings. The Labute approximate surface area is 148 Å². The molecule has 134 valence electrons. The Morgan fingerprint density at radius 1 is 1.00 bits per heavy atom. The van der Waals surface area contributed by atoms with Crippen LogP contribution in [0.2, 0.25) is 0 Å². The molecule has 0 radical (unpaired) electrons. The SMILES string of the molecule is Cc1ccc(C(C)NC(=O)C(NC(=O)Cc2ccccc2)C(C)C)o1. The first-order valence-corrected chi connectivity index (χ1v) is 8.57. The van der Waals surface area contributed by atoms with E-state index in [0.29, 0.717) is 5.76 Å². The van der Waals surface area contributed by atoms with E-state index in [0.717, 1.165) is 11.3 Å². The quantitative estimate of drug-likeness (QED) is 0.812. The lowest BCUT2D eigenvalue weighted by molar-refractivity contribution is -0.130. The fourth-order valence-electron chi connectivity index (χ4n) is 2.60. The van der Waals surface area contributed by atoms with Gasteiger partial charge in [0.25, 0.3) is 0 Å². The number of hydrogen-bond acceptors (Lipinski definition) is 3. The van der Waals surface area contributed by atoms with Crippen molar-refractivity contribution in [3.63, 3.8) is 0 Å². The van der Waals surface area contributed by atoms with Crippen molar-refractivity contribution in [2.45, 2.75) is 46.2 Å². The number of carbonyl (C=O) groups is 2. The van der Waals surface area contributed by atoms with Crippen LogP contribution >= 0.6 is 0 Å². The third-order valence-electron chi connectivity index (χ3n) is 4.02. The number of furan rings is 1. The summed E-state index contributed by atoms with van der Waals surface area (Å²) < 4.78 is 5.54. The molecule has 2 N–H and O–H groups in total. The summed E-state index contributed by atoms with van der Waals surface area (Å²) in [5, 5.41) is 5.76. The summed E-state index contributed by atoms with van der Waals surface area (Å²) >= 11 is 0. The van der Waals surface area contributed by atoms with Gasteiger partial charge in [-0.05, 0) is 37.5 Å². The Hall–Kier alpha value is -2.56. The van der Waals surface area contributed by atoms with Crippen molar-refractivity contribution in [2.75, 3.05) is 0 Å². The Kier molecular flexibility index (Phi) is 6.39. The minimum absolute atomic E-state index is 0.0229. The van der Waals surface area contributed by atoms with Crippen LogP contribution in [-0.4, -0.2) is 17.9 Å². The first-order valence-electron chi connectivity index (χ1n) is 8.57. The minimum atomic E-state index is -0.588. The molecule has 1 heterocycles. The van der Waals surface area contributed by atoms with Gasteiger partial charge in [-0.25, -0.2) is 0 Å². The van der Waals surface area contributed by atoms with Crippen molar-refractivity contribution in [2.24, 2.45) is 5.92 Å². The standard InChI is InChI=1S/C20H26N2O3/c1-13(2)19(22-18(23)12-16-8-6-5-7-9-16)20(24)21-15(4)17-11-10-14(3)25-17/h5-11,13,15,19H,12H2,1-4H3,(H,21,24)(H,22,23). The number of carbonyl (C=O) groups excluding carboxylic acids is 2. The topological polar surface area (TPSA) is 71.3 Å². The number of nitrogens with one attached hydrogen (secondary N) is 2. The molecule has 2 atom stereocenters. The monoisotopic (exact) mass is 342 g/mol. The van der Waals surface area contributed by atoms with Gasteiger partial charge in [0.2, 0.25) is 11.8 Å². The zero-order valence-electron chi connectivity index (χ0n) is 15.2.